The lowest BCUT2D eigenvalue weighted by Gasteiger charge is -1.99. The van der Waals surface area contributed by atoms with Crippen LogP contribution >= 0.6 is 11.6 Å². The van der Waals surface area contributed by atoms with Crippen molar-refractivity contribution in [3.8, 4) is 11.4 Å². The van der Waals surface area contributed by atoms with Gasteiger partial charge in [-0.15, -0.1) is 0 Å². The van der Waals surface area contributed by atoms with Gasteiger partial charge in [0.05, 0.1) is 6.20 Å². The number of halogens is 1. The second kappa shape index (κ2) is 3.82. The molecule has 84 valence electrons. The number of hydrogen-bond donors (Lipinski definition) is 1. The van der Waals surface area contributed by atoms with Gasteiger partial charge in [0.25, 0.3) is 0 Å². The highest BCUT2D eigenvalue weighted by Crippen LogP contribution is 2.22. The summed E-state index contributed by atoms with van der Waals surface area (Å²) in [6.45, 7) is 2.04. The van der Waals surface area contributed by atoms with Crippen LogP contribution < -0.4 is 0 Å². The molecule has 4 nitrogen and oxygen atoms in total. The first kappa shape index (κ1) is 10.2. The molecule has 0 atom stereocenters. The van der Waals surface area contributed by atoms with Crippen molar-refractivity contribution in [3.05, 3.63) is 41.3 Å². The minimum Gasteiger partial charge on any atom is -0.335 e. The first-order valence-corrected chi connectivity index (χ1v) is 5.56. The summed E-state index contributed by atoms with van der Waals surface area (Å²) in [6.07, 6.45) is 1.64. The molecule has 0 unspecified atom stereocenters. The molecule has 2 aromatic heterocycles. The van der Waals surface area contributed by atoms with E-state index in [9.17, 15) is 0 Å². The molecule has 1 aromatic carbocycles. The third kappa shape index (κ3) is 1.76. The van der Waals surface area contributed by atoms with E-state index in [4.69, 9.17) is 11.6 Å². The number of imidazole rings is 1. The first-order chi connectivity index (χ1) is 8.24. The lowest BCUT2D eigenvalue weighted by atomic mass is 10.1. The fourth-order valence-corrected chi connectivity index (χ4v) is 1.88. The summed E-state index contributed by atoms with van der Waals surface area (Å²) < 4.78 is 0. The van der Waals surface area contributed by atoms with Crippen molar-refractivity contribution in [2.24, 2.45) is 0 Å². The van der Waals surface area contributed by atoms with Crippen LogP contribution in [0.2, 0.25) is 5.28 Å². The Morgan fingerprint density at radius 1 is 1.18 bits per heavy atom. The monoisotopic (exact) mass is 244 g/mol. The summed E-state index contributed by atoms with van der Waals surface area (Å²) in [7, 11) is 0. The number of nitrogens with one attached hydrogen (secondary N) is 1. The van der Waals surface area contributed by atoms with E-state index in [0.29, 0.717) is 5.65 Å². The number of H-pyrrole nitrogens is 1. The topological polar surface area (TPSA) is 54.5 Å². The van der Waals surface area contributed by atoms with Crippen LogP contribution in [0.3, 0.4) is 0 Å². The molecule has 0 radical (unpaired) electrons. The van der Waals surface area contributed by atoms with Crippen LogP contribution in [0.5, 0.6) is 0 Å². The van der Waals surface area contributed by atoms with E-state index in [1.807, 2.05) is 31.2 Å². The average molecular weight is 245 g/mol. The summed E-state index contributed by atoms with van der Waals surface area (Å²) in [5, 5.41) is 0.209. The highest BCUT2D eigenvalue weighted by molar-refractivity contribution is 6.28. The van der Waals surface area contributed by atoms with Crippen molar-refractivity contribution >= 4 is 22.8 Å². The Morgan fingerprint density at radius 2 is 2.00 bits per heavy atom. The van der Waals surface area contributed by atoms with E-state index in [1.54, 1.807) is 6.20 Å². The molecule has 0 aliphatic carbocycles. The maximum absolute atomic E-state index is 5.73. The zero-order chi connectivity index (χ0) is 11.8. The Hall–Kier alpha value is -1.94. The Kier molecular flexibility index (Phi) is 2.30. The molecule has 2 heterocycles. The van der Waals surface area contributed by atoms with Gasteiger partial charge in [0.2, 0.25) is 5.28 Å². The predicted octanol–water partition coefficient (Wildman–Crippen LogP) is 2.98. The Bertz CT molecular complexity index is 690. The third-order valence-electron chi connectivity index (χ3n) is 2.61. The Balaban J connectivity index is 2.22. The van der Waals surface area contributed by atoms with E-state index < -0.39 is 0 Å². The van der Waals surface area contributed by atoms with Crippen LogP contribution in [0, 0.1) is 6.92 Å². The Labute approximate surface area is 103 Å². The number of hydrogen-bond acceptors (Lipinski definition) is 3. The van der Waals surface area contributed by atoms with Crippen LogP contribution in [0.25, 0.3) is 22.6 Å². The fourth-order valence-electron chi connectivity index (χ4n) is 1.75. The Morgan fingerprint density at radius 3 is 2.82 bits per heavy atom. The smallest absolute Gasteiger partial charge is 0.224 e. The largest absolute Gasteiger partial charge is 0.335 e. The molecule has 0 spiro atoms. The highest BCUT2D eigenvalue weighted by atomic mass is 35.5. The number of aryl methyl sites for hydroxylation is 1. The molecular formula is C12H9ClN4. The summed E-state index contributed by atoms with van der Waals surface area (Å²) in [4.78, 5) is 15.6. The van der Waals surface area contributed by atoms with Crippen LogP contribution in [0.15, 0.2) is 30.5 Å². The van der Waals surface area contributed by atoms with Crippen molar-refractivity contribution in [1.29, 1.82) is 0 Å². The summed E-state index contributed by atoms with van der Waals surface area (Å²) in [5.74, 6) is 0.787. The number of rotatable bonds is 1. The average Bonchev–Trinajstić information content (AvgIpc) is 2.72. The summed E-state index contributed by atoms with van der Waals surface area (Å²) >= 11 is 5.73. The second-order valence-corrected chi connectivity index (χ2v) is 4.11. The van der Waals surface area contributed by atoms with E-state index >= 15 is 0 Å². The van der Waals surface area contributed by atoms with Gasteiger partial charge < -0.3 is 4.98 Å². The van der Waals surface area contributed by atoms with Gasteiger partial charge in [0.15, 0.2) is 5.65 Å². The number of benzene rings is 1. The number of aromatic nitrogens is 4. The molecule has 0 fully saturated rings. The minimum atomic E-state index is 0.209. The molecule has 0 saturated carbocycles. The molecule has 17 heavy (non-hydrogen) atoms. The van der Waals surface area contributed by atoms with Crippen molar-refractivity contribution in [3.63, 3.8) is 0 Å². The lowest BCUT2D eigenvalue weighted by Crippen LogP contribution is -1.84. The van der Waals surface area contributed by atoms with Crippen molar-refractivity contribution < 1.29 is 0 Å². The zero-order valence-electron chi connectivity index (χ0n) is 9.11. The molecule has 0 saturated heterocycles. The van der Waals surface area contributed by atoms with Crippen molar-refractivity contribution in [2.75, 3.05) is 0 Å². The van der Waals surface area contributed by atoms with E-state index in [2.05, 4.69) is 19.9 Å². The van der Waals surface area contributed by atoms with Gasteiger partial charge in [-0.3, -0.25) is 0 Å². The molecule has 5 heteroatoms. The molecule has 3 rings (SSSR count). The van der Waals surface area contributed by atoms with Gasteiger partial charge >= 0.3 is 0 Å². The number of fused-ring (bicyclic) bond motifs is 1. The van der Waals surface area contributed by atoms with Gasteiger partial charge in [-0.2, -0.15) is 4.98 Å². The summed E-state index contributed by atoms with van der Waals surface area (Å²) in [5.41, 5.74) is 3.59. The van der Waals surface area contributed by atoms with E-state index in [-0.39, 0.29) is 5.28 Å². The number of nitrogens with zero attached hydrogens (tertiary/aromatic N) is 3. The summed E-state index contributed by atoms with van der Waals surface area (Å²) in [6, 6.07) is 8.04. The molecular weight excluding hydrogens is 236 g/mol. The maximum Gasteiger partial charge on any atom is 0.224 e. The fraction of sp³-hybridized carbons (Fsp3) is 0.0833. The minimum absolute atomic E-state index is 0.209. The van der Waals surface area contributed by atoms with Crippen LogP contribution in [-0.4, -0.2) is 19.9 Å². The van der Waals surface area contributed by atoms with Gasteiger partial charge in [-0.1, -0.05) is 24.3 Å². The normalized spacial score (nSPS) is 10.9. The third-order valence-corrected chi connectivity index (χ3v) is 2.79. The SMILES string of the molecule is Cc1ccccc1-c1nc2nc(Cl)ncc2[nH]1. The zero-order valence-corrected chi connectivity index (χ0v) is 9.86. The van der Waals surface area contributed by atoms with Gasteiger partial charge in [-0.25, -0.2) is 9.97 Å². The van der Waals surface area contributed by atoms with Gasteiger partial charge in [0, 0.05) is 5.56 Å². The highest BCUT2D eigenvalue weighted by Gasteiger charge is 2.08. The molecule has 0 aliphatic rings. The standard InChI is InChI=1S/C12H9ClN4/c1-7-4-2-3-5-8(7)10-15-9-6-14-12(13)17-11(9)16-10/h2-6H,1H3,(H,14,15,16,17). The quantitative estimate of drug-likeness (QED) is 0.670. The van der Waals surface area contributed by atoms with Crippen LogP contribution in [0.1, 0.15) is 5.56 Å². The molecule has 0 amide bonds. The molecule has 3 aromatic rings. The second-order valence-electron chi connectivity index (χ2n) is 3.78. The number of aromatic amines is 1. The van der Waals surface area contributed by atoms with Crippen molar-refractivity contribution in [1.82, 2.24) is 19.9 Å². The molecule has 0 aliphatic heterocycles. The molecule has 1 N–H and O–H groups in total. The lowest BCUT2D eigenvalue weighted by molar-refractivity contribution is 1.20. The van der Waals surface area contributed by atoms with Crippen molar-refractivity contribution in [2.45, 2.75) is 6.92 Å². The molecule has 0 bridgehead atoms. The first-order valence-electron chi connectivity index (χ1n) is 5.18. The van der Waals surface area contributed by atoms with E-state index in [0.717, 1.165) is 22.5 Å². The van der Waals surface area contributed by atoms with Crippen LogP contribution in [0.4, 0.5) is 0 Å². The predicted molar refractivity (Wildman–Crippen MR) is 66.9 cm³/mol. The maximum atomic E-state index is 5.73. The van der Waals surface area contributed by atoms with E-state index in [1.165, 1.54) is 0 Å². The van der Waals surface area contributed by atoms with Crippen LogP contribution in [-0.2, 0) is 0 Å². The van der Waals surface area contributed by atoms with Gasteiger partial charge in [-0.05, 0) is 24.1 Å². The van der Waals surface area contributed by atoms with Gasteiger partial charge in [0.1, 0.15) is 11.3 Å².